The smallest absolute Gasteiger partial charge is 0.340 e. The highest BCUT2D eigenvalue weighted by molar-refractivity contribution is 7.99. The van der Waals surface area contributed by atoms with Gasteiger partial charge in [0.25, 0.3) is 0 Å². The van der Waals surface area contributed by atoms with Gasteiger partial charge in [-0.25, -0.2) is 9.59 Å². The molecule has 0 bridgehead atoms. The predicted molar refractivity (Wildman–Crippen MR) is 286 cm³/mol. The van der Waals surface area contributed by atoms with Crippen LogP contribution in [-0.2, 0) is 75.2 Å². The largest absolute Gasteiger partial charge is 0.466 e. The van der Waals surface area contributed by atoms with Crippen LogP contribution in [-0.4, -0.2) is 138 Å². The summed E-state index contributed by atoms with van der Waals surface area (Å²) in [5.41, 5.74) is 6.17. The molecule has 1 aromatic heterocycles. The van der Waals surface area contributed by atoms with Gasteiger partial charge < -0.3 is 51.3 Å². The molecule has 5 rings (SSSR count). The lowest BCUT2D eigenvalue weighted by Gasteiger charge is -2.31. The molecule has 0 spiro atoms. The van der Waals surface area contributed by atoms with E-state index >= 15 is 0 Å². The topological polar surface area (TPSA) is 301 Å². The van der Waals surface area contributed by atoms with E-state index in [4.69, 9.17) is 15.2 Å². The van der Waals surface area contributed by atoms with E-state index in [1.54, 1.807) is 59.2 Å². The molecule has 7 amide bonds. The minimum absolute atomic E-state index is 0.0506. The first-order valence-electron chi connectivity index (χ1n) is 25.9. The fourth-order valence-electron chi connectivity index (χ4n) is 9.66. The third-order valence-corrected chi connectivity index (χ3v) is 14.7. The molecular weight excluding hydrogens is 1010 g/mol. The van der Waals surface area contributed by atoms with Gasteiger partial charge >= 0.3 is 11.9 Å². The summed E-state index contributed by atoms with van der Waals surface area (Å²) in [6.45, 7) is 7.71. The summed E-state index contributed by atoms with van der Waals surface area (Å²) in [6, 6.07) is 10.3. The van der Waals surface area contributed by atoms with Crippen LogP contribution >= 0.6 is 11.8 Å². The zero-order valence-corrected chi connectivity index (χ0v) is 45.6. The summed E-state index contributed by atoms with van der Waals surface area (Å²) in [4.78, 5) is 152. The Morgan fingerprint density at radius 3 is 2.17 bits per heavy atom. The fraction of sp³-hybridized carbons (Fsp3) is 0.509. The van der Waals surface area contributed by atoms with Crippen molar-refractivity contribution in [3.05, 3.63) is 71.9 Å². The minimum Gasteiger partial charge on any atom is -0.466 e. The van der Waals surface area contributed by atoms with Gasteiger partial charge in [-0.2, -0.15) is 0 Å². The lowest BCUT2D eigenvalue weighted by atomic mass is 9.91. The van der Waals surface area contributed by atoms with Crippen LogP contribution in [0.1, 0.15) is 97.2 Å². The standard InChI is InChI=1S/C55H72N8O13S/c1-31(2)24-41-53(73)62-23-15-21-43(62)45(66)26-36(51(71)57-29-46(56)67)18-13-14-22-63-48(40(55(74)76-7)28-47(68)75-6)38-19-11-12-20-39(38)54(63)77-30-42(61-49(69)32(3)58-34(5)64)44(65)27-37(25-35-16-9-8-10-17-35)52(72)59-33(4)50(70)60-41/h8-12,16-17,19-20,28,31-33,36-37,41-43H,13-15,18,21-27,29-30H2,1-7H3,(H2,56,67)(H,57,71)(H,58,64)(H,59,72)(H,60,70)(H,61,69)/b40-28-/t32-,33-,36+,37+,41-,42-,43-/m0/s1. The molecule has 22 heteroatoms. The van der Waals surface area contributed by atoms with Crippen molar-refractivity contribution in [2.24, 2.45) is 23.5 Å². The van der Waals surface area contributed by atoms with Crippen molar-refractivity contribution in [3.63, 3.8) is 0 Å². The van der Waals surface area contributed by atoms with E-state index < -0.39 is 114 Å². The van der Waals surface area contributed by atoms with Crippen molar-refractivity contribution < 1.29 is 62.2 Å². The van der Waals surface area contributed by atoms with Gasteiger partial charge in [-0.05, 0) is 63.9 Å². The summed E-state index contributed by atoms with van der Waals surface area (Å²) in [5.74, 6) is -9.48. The summed E-state index contributed by atoms with van der Waals surface area (Å²) < 4.78 is 11.9. The minimum atomic E-state index is -1.31. The van der Waals surface area contributed by atoms with Crippen LogP contribution in [0.15, 0.2) is 65.7 Å². The second-order valence-corrected chi connectivity index (χ2v) is 20.9. The molecular formula is C55H72N8O13S. The third-order valence-electron chi connectivity index (χ3n) is 13.5. The van der Waals surface area contributed by atoms with E-state index in [1.165, 1.54) is 25.7 Å². The molecule has 7 atom stereocenters. The van der Waals surface area contributed by atoms with Gasteiger partial charge in [-0.1, -0.05) is 74.9 Å². The Labute approximate surface area is 452 Å². The number of ketones is 2. The van der Waals surface area contributed by atoms with Crippen molar-refractivity contribution in [3.8, 4) is 0 Å². The first kappa shape index (κ1) is 60.5. The molecule has 1 fully saturated rings. The second kappa shape index (κ2) is 28.7. The van der Waals surface area contributed by atoms with Gasteiger partial charge in [0.1, 0.15) is 18.1 Å². The number of rotatable bonds is 13. The average molecular weight is 1090 g/mol. The monoisotopic (exact) mass is 1080 g/mol. The summed E-state index contributed by atoms with van der Waals surface area (Å²) in [6.07, 6.45) is 1.98. The maximum Gasteiger partial charge on any atom is 0.340 e. The molecule has 7 N–H and O–H groups in total. The number of nitrogens with two attached hydrogens (primary N) is 1. The zero-order valence-electron chi connectivity index (χ0n) is 44.8. The maximum atomic E-state index is 14.9. The van der Waals surface area contributed by atoms with Crippen molar-refractivity contribution >= 4 is 93.0 Å². The number of esters is 2. The number of aromatic nitrogens is 1. The SMILES string of the molecule is COC(=O)/C=C(\C(=O)OC)c1c2ccccc2c2n1CCCC[C@@H](C(=O)NCC(N)=O)CC(=O)[C@@H]1CCCN1C(=O)[C@H](CC(C)C)NC(=O)[C@H](C)NC(=O)[C@H](Cc1ccccc1)CC(=O)[C@@H](NC(=O)[C@H](C)NC(C)=O)CS2. The van der Waals surface area contributed by atoms with Crippen molar-refractivity contribution in [2.75, 3.05) is 33.1 Å². The van der Waals surface area contributed by atoms with Gasteiger partial charge in [-0.3, -0.25) is 43.2 Å². The van der Waals surface area contributed by atoms with Crippen LogP contribution < -0.4 is 32.3 Å². The molecule has 1 saturated heterocycles. The van der Waals surface area contributed by atoms with Gasteiger partial charge in [-0.15, -0.1) is 11.8 Å². The van der Waals surface area contributed by atoms with E-state index in [9.17, 15) is 52.7 Å². The van der Waals surface area contributed by atoms with Crippen molar-refractivity contribution in [1.82, 2.24) is 36.1 Å². The Hall–Kier alpha value is -7.36. The highest BCUT2D eigenvalue weighted by atomic mass is 32.2. The zero-order chi connectivity index (χ0) is 56.5. The number of hydrogen-bond donors (Lipinski definition) is 6. The summed E-state index contributed by atoms with van der Waals surface area (Å²) in [7, 11) is 2.30. The van der Waals surface area contributed by atoms with Crippen LogP contribution in [0.5, 0.6) is 0 Å². The molecule has 77 heavy (non-hydrogen) atoms. The van der Waals surface area contributed by atoms with E-state index in [1.807, 2.05) is 13.8 Å². The van der Waals surface area contributed by atoms with E-state index in [0.29, 0.717) is 34.2 Å². The van der Waals surface area contributed by atoms with Crippen molar-refractivity contribution in [1.29, 1.82) is 0 Å². The normalized spacial score (nSPS) is 22.1. The fourth-order valence-corrected chi connectivity index (χ4v) is 10.9. The Morgan fingerprint density at radius 2 is 1.52 bits per heavy atom. The lowest BCUT2D eigenvalue weighted by molar-refractivity contribution is -0.142. The number of ether oxygens (including phenoxy) is 2. The number of nitrogens with one attached hydrogen (secondary N) is 5. The van der Waals surface area contributed by atoms with Crippen LogP contribution in [0.4, 0.5) is 0 Å². The molecule has 0 aliphatic carbocycles. The molecule has 2 aromatic carbocycles. The van der Waals surface area contributed by atoms with Crippen LogP contribution in [0.3, 0.4) is 0 Å². The number of carbonyl (C=O) groups excluding carboxylic acids is 11. The van der Waals surface area contributed by atoms with Crippen molar-refractivity contribution in [2.45, 2.75) is 134 Å². The first-order valence-corrected chi connectivity index (χ1v) is 26.9. The Kier molecular flexibility index (Phi) is 22.5. The molecule has 0 saturated carbocycles. The number of primary amides is 1. The molecule has 2 aliphatic rings. The van der Waals surface area contributed by atoms with Gasteiger partial charge in [0, 0.05) is 67.3 Å². The summed E-state index contributed by atoms with van der Waals surface area (Å²) >= 11 is 1.14. The lowest BCUT2D eigenvalue weighted by Crippen LogP contribution is -2.56. The first-order chi connectivity index (χ1) is 36.6. The quantitative estimate of drug-likeness (QED) is 0.106. The predicted octanol–water partition coefficient (Wildman–Crippen LogP) is 2.68. The number of carbonyl (C=O) groups is 11. The molecule has 3 aromatic rings. The van der Waals surface area contributed by atoms with Crippen LogP contribution in [0.2, 0.25) is 0 Å². The maximum absolute atomic E-state index is 14.9. The van der Waals surface area contributed by atoms with E-state index in [-0.39, 0.29) is 80.3 Å². The molecule has 0 radical (unpaired) electrons. The van der Waals surface area contributed by atoms with E-state index in [0.717, 1.165) is 32.1 Å². The van der Waals surface area contributed by atoms with E-state index in [2.05, 4.69) is 26.6 Å². The molecule has 2 aliphatic heterocycles. The number of nitrogens with zero attached hydrogens (tertiary/aromatic N) is 2. The Morgan fingerprint density at radius 1 is 0.831 bits per heavy atom. The highest BCUT2D eigenvalue weighted by Gasteiger charge is 2.40. The number of hydrogen-bond acceptors (Lipinski definition) is 14. The Balaban J connectivity index is 1.68. The average Bonchev–Trinajstić information content (AvgIpc) is 4.01. The number of fused-ring (bicyclic) bond motifs is 4. The van der Waals surface area contributed by atoms with Gasteiger partial charge in [0.15, 0.2) is 11.6 Å². The number of thioether (sulfide) groups is 1. The molecule has 21 nitrogen and oxygen atoms in total. The molecule has 416 valence electrons. The molecule has 3 heterocycles. The summed E-state index contributed by atoms with van der Waals surface area (Å²) in [5, 5.41) is 15.0. The van der Waals surface area contributed by atoms with Crippen LogP contribution in [0.25, 0.3) is 16.3 Å². The van der Waals surface area contributed by atoms with Gasteiger partial charge in [0.2, 0.25) is 41.4 Å². The van der Waals surface area contributed by atoms with Gasteiger partial charge in [0.05, 0.1) is 49.1 Å². The number of amides is 7. The third kappa shape index (κ3) is 16.8. The highest BCUT2D eigenvalue weighted by Crippen LogP contribution is 2.39. The number of benzene rings is 2. The number of methoxy groups -OCH3 is 2. The number of Topliss-reactive ketones (excluding diaryl/α,β-unsaturated/α-hetero) is 2. The van der Waals surface area contributed by atoms with Crippen LogP contribution in [0, 0.1) is 17.8 Å². The molecule has 0 unspecified atom stereocenters. The Bertz CT molecular complexity index is 2720. The second-order valence-electron chi connectivity index (χ2n) is 19.9.